The van der Waals surface area contributed by atoms with Gasteiger partial charge in [0.25, 0.3) is 5.91 Å². The number of thiophene rings is 1. The standard InChI is InChI=1S/C17H13ClF3N3O6S/c1-23(14(26)8-30-16(27)12-4-5-15(31-12)24(28)29)7-13(25)22-9-2-3-11(18)10(6-9)17(19,20)21/h2-6H,7-8H2,1H3,(H,22,25). The molecular formula is C17H13ClF3N3O6S. The number of esters is 1. The van der Waals surface area contributed by atoms with Crippen LogP contribution in [0.2, 0.25) is 5.02 Å². The lowest BCUT2D eigenvalue weighted by atomic mass is 10.2. The lowest BCUT2D eigenvalue weighted by molar-refractivity contribution is -0.380. The maximum Gasteiger partial charge on any atom is 0.417 e. The quantitative estimate of drug-likeness (QED) is 0.368. The summed E-state index contributed by atoms with van der Waals surface area (Å²) in [7, 11) is 1.22. The van der Waals surface area contributed by atoms with Gasteiger partial charge in [0, 0.05) is 18.8 Å². The Kier molecular flexibility index (Phi) is 7.57. The van der Waals surface area contributed by atoms with Crippen LogP contribution in [0.4, 0.5) is 23.9 Å². The fourth-order valence-corrected chi connectivity index (χ4v) is 3.11. The van der Waals surface area contributed by atoms with E-state index in [9.17, 15) is 37.7 Å². The Labute approximate surface area is 181 Å². The second-order valence-electron chi connectivity index (χ2n) is 5.96. The molecule has 2 amide bonds. The molecular weight excluding hydrogens is 467 g/mol. The predicted molar refractivity (Wildman–Crippen MR) is 104 cm³/mol. The van der Waals surface area contributed by atoms with E-state index in [2.05, 4.69) is 5.32 Å². The number of amides is 2. The van der Waals surface area contributed by atoms with Gasteiger partial charge in [-0.2, -0.15) is 13.2 Å². The number of carbonyl (C=O) groups is 3. The highest BCUT2D eigenvalue weighted by Crippen LogP contribution is 2.36. The Bertz CT molecular complexity index is 1030. The first-order valence-electron chi connectivity index (χ1n) is 8.20. The molecule has 1 N–H and O–H groups in total. The van der Waals surface area contributed by atoms with E-state index in [4.69, 9.17) is 16.3 Å². The second kappa shape index (κ2) is 9.75. The summed E-state index contributed by atoms with van der Waals surface area (Å²) in [6, 6.07) is 5.08. The SMILES string of the molecule is CN(CC(=O)Nc1ccc(Cl)c(C(F)(F)F)c1)C(=O)COC(=O)c1ccc([N+](=O)[O-])s1. The zero-order valence-corrected chi connectivity index (χ0v) is 17.1. The molecule has 0 spiro atoms. The van der Waals surface area contributed by atoms with E-state index >= 15 is 0 Å². The number of ether oxygens (including phenoxy) is 1. The first-order chi connectivity index (χ1) is 14.4. The third kappa shape index (κ3) is 6.65. The topological polar surface area (TPSA) is 119 Å². The van der Waals surface area contributed by atoms with Gasteiger partial charge in [-0.3, -0.25) is 19.7 Å². The minimum atomic E-state index is -4.71. The van der Waals surface area contributed by atoms with E-state index in [0.29, 0.717) is 17.4 Å². The molecule has 0 aliphatic rings. The van der Waals surface area contributed by atoms with Crippen LogP contribution >= 0.6 is 22.9 Å². The Morgan fingerprint density at radius 1 is 1.26 bits per heavy atom. The van der Waals surface area contributed by atoms with Crippen LogP contribution in [-0.2, 0) is 20.5 Å². The summed E-state index contributed by atoms with van der Waals surface area (Å²) in [6.45, 7) is -1.28. The van der Waals surface area contributed by atoms with Crippen molar-refractivity contribution in [3.8, 4) is 0 Å². The minimum absolute atomic E-state index is 0.0805. The Hall–Kier alpha value is -3.19. The fourth-order valence-electron chi connectivity index (χ4n) is 2.17. The summed E-state index contributed by atoms with van der Waals surface area (Å²) >= 11 is 6.08. The number of hydrogen-bond acceptors (Lipinski definition) is 7. The average molecular weight is 480 g/mol. The van der Waals surface area contributed by atoms with Crippen LogP contribution in [0.5, 0.6) is 0 Å². The number of rotatable bonds is 7. The molecule has 0 aliphatic carbocycles. The molecule has 0 atom stereocenters. The van der Waals surface area contributed by atoms with Gasteiger partial charge >= 0.3 is 17.1 Å². The molecule has 31 heavy (non-hydrogen) atoms. The smallest absolute Gasteiger partial charge is 0.417 e. The number of nitrogens with zero attached hydrogens (tertiary/aromatic N) is 2. The van der Waals surface area contributed by atoms with Gasteiger partial charge in [0.1, 0.15) is 4.88 Å². The van der Waals surface area contributed by atoms with E-state index < -0.39 is 52.6 Å². The van der Waals surface area contributed by atoms with Crippen molar-refractivity contribution in [2.24, 2.45) is 0 Å². The highest BCUT2D eigenvalue weighted by molar-refractivity contribution is 7.17. The van der Waals surface area contributed by atoms with Crippen LogP contribution in [0.1, 0.15) is 15.2 Å². The average Bonchev–Trinajstić information content (AvgIpc) is 3.17. The van der Waals surface area contributed by atoms with Gasteiger partial charge < -0.3 is 15.0 Å². The second-order valence-corrected chi connectivity index (χ2v) is 7.43. The third-order valence-electron chi connectivity index (χ3n) is 3.66. The number of hydrogen-bond donors (Lipinski definition) is 1. The van der Waals surface area contributed by atoms with Crippen LogP contribution in [-0.4, -0.2) is 47.8 Å². The maximum absolute atomic E-state index is 12.9. The van der Waals surface area contributed by atoms with Gasteiger partial charge in [0.05, 0.1) is 22.1 Å². The largest absolute Gasteiger partial charge is 0.451 e. The molecule has 0 saturated heterocycles. The molecule has 2 aromatic rings. The summed E-state index contributed by atoms with van der Waals surface area (Å²) in [4.78, 5) is 46.6. The number of nitro groups is 1. The lowest BCUT2D eigenvalue weighted by Crippen LogP contribution is -2.37. The van der Waals surface area contributed by atoms with Gasteiger partial charge in [-0.05, 0) is 24.3 Å². The van der Waals surface area contributed by atoms with Gasteiger partial charge in [-0.25, -0.2) is 4.79 Å². The van der Waals surface area contributed by atoms with E-state index in [-0.39, 0.29) is 15.6 Å². The van der Waals surface area contributed by atoms with Crippen LogP contribution in [0.15, 0.2) is 30.3 Å². The Balaban J connectivity index is 1.88. The molecule has 1 aromatic heterocycles. The van der Waals surface area contributed by atoms with E-state index in [1.807, 2.05) is 0 Å². The molecule has 0 bridgehead atoms. The Morgan fingerprint density at radius 3 is 2.52 bits per heavy atom. The van der Waals surface area contributed by atoms with Crippen molar-refractivity contribution in [3.63, 3.8) is 0 Å². The Morgan fingerprint density at radius 2 is 1.94 bits per heavy atom. The van der Waals surface area contributed by atoms with Crippen molar-refractivity contribution in [1.82, 2.24) is 4.90 Å². The number of anilines is 1. The number of likely N-dealkylation sites (N-methyl/N-ethyl adjacent to an activating group) is 1. The van der Waals surface area contributed by atoms with Gasteiger partial charge in [-0.1, -0.05) is 22.9 Å². The summed E-state index contributed by atoms with van der Waals surface area (Å²) in [5.74, 6) is -2.53. The molecule has 0 aliphatic heterocycles. The summed E-state index contributed by atoms with van der Waals surface area (Å²) in [5, 5.41) is 12.0. The normalized spacial score (nSPS) is 11.0. The van der Waals surface area contributed by atoms with Gasteiger partial charge in [0.2, 0.25) is 5.91 Å². The summed E-state index contributed by atoms with van der Waals surface area (Å²) < 4.78 is 43.4. The zero-order valence-electron chi connectivity index (χ0n) is 15.6. The molecule has 9 nitrogen and oxygen atoms in total. The summed E-state index contributed by atoms with van der Waals surface area (Å²) in [6.07, 6.45) is -4.71. The predicted octanol–water partition coefficient (Wildman–Crippen LogP) is 3.58. The van der Waals surface area contributed by atoms with Crippen LogP contribution in [0.25, 0.3) is 0 Å². The molecule has 2 rings (SSSR count). The zero-order chi connectivity index (χ0) is 23.3. The van der Waals surface area contributed by atoms with Crippen molar-refractivity contribution in [3.05, 3.63) is 55.9 Å². The molecule has 166 valence electrons. The fraction of sp³-hybridized carbons (Fsp3) is 0.235. The number of alkyl halides is 3. The summed E-state index contributed by atoms with van der Waals surface area (Å²) in [5.41, 5.74) is -1.30. The van der Waals surface area contributed by atoms with Crippen molar-refractivity contribution in [1.29, 1.82) is 0 Å². The molecule has 1 aromatic carbocycles. The number of carbonyl (C=O) groups excluding carboxylic acids is 3. The molecule has 0 radical (unpaired) electrons. The number of halogens is 4. The first-order valence-corrected chi connectivity index (χ1v) is 9.40. The van der Waals surface area contributed by atoms with Gasteiger partial charge in [0.15, 0.2) is 6.61 Å². The van der Waals surface area contributed by atoms with Crippen molar-refractivity contribution in [2.45, 2.75) is 6.18 Å². The monoisotopic (exact) mass is 479 g/mol. The first kappa shape index (κ1) is 24.1. The lowest BCUT2D eigenvalue weighted by Gasteiger charge is -2.17. The van der Waals surface area contributed by atoms with E-state index in [1.54, 1.807) is 0 Å². The molecule has 1 heterocycles. The van der Waals surface area contributed by atoms with Crippen molar-refractivity contribution < 1.29 is 37.2 Å². The van der Waals surface area contributed by atoms with Crippen LogP contribution in [0.3, 0.4) is 0 Å². The number of nitrogens with one attached hydrogen (secondary N) is 1. The van der Waals surface area contributed by atoms with Crippen molar-refractivity contribution >= 4 is 51.4 Å². The van der Waals surface area contributed by atoms with Crippen molar-refractivity contribution in [2.75, 3.05) is 25.5 Å². The van der Waals surface area contributed by atoms with E-state index in [0.717, 1.165) is 17.0 Å². The van der Waals surface area contributed by atoms with Crippen LogP contribution < -0.4 is 5.32 Å². The maximum atomic E-state index is 12.9. The molecule has 0 unspecified atom stereocenters. The minimum Gasteiger partial charge on any atom is -0.451 e. The van der Waals surface area contributed by atoms with E-state index in [1.165, 1.54) is 19.2 Å². The highest BCUT2D eigenvalue weighted by Gasteiger charge is 2.33. The van der Waals surface area contributed by atoms with Crippen LogP contribution in [0, 0.1) is 10.1 Å². The molecule has 0 fully saturated rings. The third-order valence-corrected chi connectivity index (χ3v) is 5.01. The highest BCUT2D eigenvalue weighted by atomic mass is 35.5. The van der Waals surface area contributed by atoms with Gasteiger partial charge in [-0.15, -0.1) is 0 Å². The molecule has 14 heteroatoms. The molecule has 0 saturated carbocycles. The number of benzene rings is 1.